The summed E-state index contributed by atoms with van der Waals surface area (Å²) in [7, 11) is 3.67. The van der Waals surface area contributed by atoms with Crippen LogP contribution in [-0.4, -0.2) is 66.1 Å². The number of aromatic nitrogens is 1. The summed E-state index contributed by atoms with van der Waals surface area (Å²) in [5.41, 5.74) is 3.44. The van der Waals surface area contributed by atoms with E-state index in [0.717, 1.165) is 24.2 Å². The number of likely N-dealkylation sites (tertiary alicyclic amines) is 1. The van der Waals surface area contributed by atoms with Crippen LogP contribution >= 0.6 is 11.6 Å². The van der Waals surface area contributed by atoms with Gasteiger partial charge in [0.2, 0.25) is 5.91 Å². The van der Waals surface area contributed by atoms with Crippen molar-refractivity contribution in [3.8, 4) is 0 Å². The van der Waals surface area contributed by atoms with Gasteiger partial charge in [0.15, 0.2) is 0 Å². The quantitative estimate of drug-likeness (QED) is 0.733. The molecule has 2 N–H and O–H groups in total. The van der Waals surface area contributed by atoms with Crippen LogP contribution in [0.3, 0.4) is 0 Å². The second-order valence-electron chi connectivity index (χ2n) is 8.36. The first-order chi connectivity index (χ1) is 15.4. The Balaban J connectivity index is 1.47. The third-order valence-corrected chi connectivity index (χ3v) is 6.57. The van der Waals surface area contributed by atoms with E-state index in [4.69, 9.17) is 16.3 Å². The van der Waals surface area contributed by atoms with Gasteiger partial charge in [-0.1, -0.05) is 11.6 Å². The Bertz CT molecular complexity index is 1000. The zero-order chi connectivity index (χ0) is 22.8. The van der Waals surface area contributed by atoms with Gasteiger partial charge in [-0.3, -0.25) is 14.7 Å². The van der Waals surface area contributed by atoms with Crippen molar-refractivity contribution in [1.82, 2.24) is 14.8 Å². The number of amides is 3. The lowest BCUT2D eigenvalue weighted by Crippen LogP contribution is -2.45. The summed E-state index contributed by atoms with van der Waals surface area (Å²) in [6.45, 7) is 3.41. The fourth-order valence-electron chi connectivity index (χ4n) is 4.26. The van der Waals surface area contributed by atoms with Gasteiger partial charge in [0, 0.05) is 43.4 Å². The second kappa shape index (κ2) is 9.44. The molecule has 4 rings (SSSR count). The summed E-state index contributed by atoms with van der Waals surface area (Å²) in [5.74, 6) is -0.251. The van der Waals surface area contributed by atoms with Gasteiger partial charge in [0.1, 0.15) is 6.04 Å². The number of carbonyl (C=O) groups is 2. The molecular formula is C23H28ClN5O3. The topological polar surface area (TPSA) is 86.8 Å². The van der Waals surface area contributed by atoms with Gasteiger partial charge in [0.05, 0.1) is 23.7 Å². The molecule has 1 saturated heterocycles. The number of ether oxygens (including phenoxy) is 1. The van der Waals surface area contributed by atoms with E-state index in [0.29, 0.717) is 29.4 Å². The van der Waals surface area contributed by atoms with Crippen LogP contribution in [0, 0.1) is 0 Å². The van der Waals surface area contributed by atoms with Crippen molar-refractivity contribution in [3.05, 3.63) is 52.8 Å². The van der Waals surface area contributed by atoms with Crippen LogP contribution < -0.4 is 10.6 Å². The Morgan fingerprint density at radius 1 is 1.19 bits per heavy atom. The standard InChI is InChI=1S/C23H28ClN5O3/c1-14-21-15(8-9-28(14)2)10-18(12-25-21)26-22(30)20-11-19(32-3)13-29(20)23(31)27-17-6-4-16(24)5-7-17/h4-7,10,12,14,19-20H,8-9,11,13H2,1-3H3,(H,26,30)(H,27,31)/t14?,19-,20-/m1/s1. The number of halogens is 1. The van der Waals surface area contributed by atoms with Crippen LogP contribution in [0.1, 0.15) is 30.6 Å². The van der Waals surface area contributed by atoms with E-state index >= 15 is 0 Å². The highest BCUT2D eigenvalue weighted by atomic mass is 35.5. The number of fused-ring (bicyclic) bond motifs is 1. The lowest BCUT2D eigenvalue weighted by atomic mass is 9.99. The fraction of sp³-hybridized carbons (Fsp3) is 0.435. The zero-order valence-electron chi connectivity index (χ0n) is 18.5. The van der Waals surface area contributed by atoms with Crippen molar-refractivity contribution in [1.29, 1.82) is 0 Å². The number of nitrogens with zero attached hydrogens (tertiary/aromatic N) is 3. The number of methoxy groups -OCH3 is 1. The molecule has 9 heteroatoms. The van der Waals surface area contributed by atoms with Crippen molar-refractivity contribution in [2.45, 2.75) is 38.0 Å². The number of rotatable bonds is 4. The molecule has 1 unspecified atom stereocenters. The van der Waals surface area contributed by atoms with Gasteiger partial charge < -0.3 is 20.3 Å². The Hall–Kier alpha value is -2.68. The van der Waals surface area contributed by atoms with E-state index < -0.39 is 6.04 Å². The van der Waals surface area contributed by atoms with E-state index in [2.05, 4.69) is 34.5 Å². The number of anilines is 2. The van der Waals surface area contributed by atoms with Crippen LogP contribution in [0.5, 0.6) is 0 Å². The molecule has 1 aromatic heterocycles. The first-order valence-corrected chi connectivity index (χ1v) is 11.1. The van der Waals surface area contributed by atoms with Crippen LogP contribution in [0.4, 0.5) is 16.2 Å². The van der Waals surface area contributed by atoms with Gasteiger partial charge >= 0.3 is 6.03 Å². The minimum atomic E-state index is -0.645. The van der Waals surface area contributed by atoms with Crippen molar-refractivity contribution in [3.63, 3.8) is 0 Å². The lowest BCUT2D eigenvalue weighted by Gasteiger charge is -2.31. The molecule has 2 aliphatic heterocycles. The second-order valence-corrected chi connectivity index (χ2v) is 8.80. The molecule has 1 fully saturated rings. The van der Waals surface area contributed by atoms with E-state index in [1.165, 1.54) is 4.90 Å². The molecule has 3 amide bonds. The number of hydrogen-bond donors (Lipinski definition) is 2. The normalized spacial score (nSPS) is 23.0. The SMILES string of the molecule is CO[C@@H]1C[C@H](C(=O)Nc2cnc3c(c2)CCN(C)C3C)N(C(=O)Nc2ccc(Cl)cc2)C1. The zero-order valence-corrected chi connectivity index (χ0v) is 19.2. The van der Waals surface area contributed by atoms with Crippen molar-refractivity contribution in [2.75, 3.05) is 37.9 Å². The fourth-order valence-corrected chi connectivity index (χ4v) is 4.39. The molecule has 2 aromatic rings. The van der Waals surface area contributed by atoms with E-state index in [-0.39, 0.29) is 24.1 Å². The minimum absolute atomic E-state index is 0.209. The number of urea groups is 1. The number of nitrogens with one attached hydrogen (secondary N) is 2. The molecule has 0 aliphatic carbocycles. The summed E-state index contributed by atoms with van der Waals surface area (Å²) in [6.07, 6.45) is 2.79. The van der Waals surface area contributed by atoms with Gasteiger partial charge in [-0.2, -0.15) is 0 Å². The minimum Gasteiger partial charge on any atom is -0.380 e. The molecule has 3 heterocycles. The molecule has 0 radical (unpaired) electrons. The van der Waals surface area contributed by atoms with Crippen LogP contribution in [-0.2, 0) is 16.0 Å². The Kier molecular flexibility index (Phi) is 6.64. The monoisotopic (exact) mass is 457 g/mol. The lowest BCUT2D eigenvalue weighted by molar-refractivity contribution is -0.119. The Morgan fingerprint density at radius 2 is 1.94 bits per heavy atom. The summed E-state index contributed by atoms with van der Waals surface area (Å²) in [6, 6.07) is 8.07. The Morgan fingerprint density at radius 3 is 2.66 bits per heavy atom. The number of benzene rings is 1. The molecule has 32 heavy (non-hydrogen) atoms. The van der Waals surface area contributed by atoms with Gasteiger partial charge in [-0.15, -0.1) is 0 Å². The smallest absolute Gasteiger partial charge is 0.322 e. The maximum absolute atomic E-state index is 13.1. The highest BCUT2D eigenvalue weighted by Gasteiger charge is 2.40. The first kappa shape index (κ1) is 22.5. The highest BCUT2D eigenvalue weighted by Crippen LogP contribution is 2.29. The molecular weight excluding hydrogens is 430 g/mol. The number of pyridine rings is 1. The predicted octanol–water partition coefficient (Wildman–Crippen LogP) is 3.54. The highest BCUT2D eigenvalue weighted by molar-refractivity contribution is 6.30. The van der Waals surface area contributed by atoms with E-state index in [1.807, 2.05) is 6.07 Å². The van der Waals surface area contributed by atoms with Crippen molar-refractivity contribution in [2.24, 2.45) is 0 Å². The van der Waals surface area contributed by atoms with Crippen LogP contribution in [0.2, 0.25) is 5.02 Å². The van der Waals surface area contributed by atoms with Crippen molar-refractivity contribution < 1.29 is 14.3 Å². The van der Waals surface area contributed by atoms with Crippen LogP contribution in [0.15, 0.2) is 36.5 Å². The molecule has 3 atom stereocenters. The van der Waals surface area contributed by atoms with Crippen LogP contribution in [0.25, 0.3) is 0 Å². The molecule has 0 saturated carbocycles. The maximum Gasteiger partial charge on any atom is 0.322 e. The average Bonchev–Trinajstić information content (AvgIpc) is 3.23. The average molecular weight is 458 g/mol. The number of carbonyl (C=O) groups excluding carboxylic acids is 2. The predicted molar refractivity (Wildman–Crippen MR) is 124 cm³/mol. The third kappa shape index (κ3) is 4.72. The summed E-state index contributed by atoms with van der Waals surface area (Å²) in [4.78, 5) is 34.4. The molecule has 170 valence electrons. The van der Waals surface area contributed by atoms with E-state index in [1.54, 1.807) is 37.6 Å². The molecule has 8 nitrogen and oxygen atoms in total. The maximum atomic E-state index is 13.1. The summed E-state index contributed by atoms with van der Waals surface area (Å²) >= 11 is 5.91. The molecule has 0 bridgehead atoms. The number of hydrogen-bond acceptors (Lipinski definition) is 5. The number of likely N-dealkylation sites (N-methyl/N-ethyl adjacent to an activating group) is 1. The van der Waals surface area contributed by atoms with E-state index in [9.17, 15) is 9.59 Å². The Labute approximate surface area is 192 Å². The van der Waals surface area contributed by atoms with Gasteiger partial charge in [-0.25, -0.2) is 4.79 Å². The largest absolute Gasteiger partial charge is 0.380 e. The third-order valence-electron chi connectivity index (χ3n) is 6.31. The first-order valence-electron chi connectivity index (χ1n) is 10.7. The van der Waals surface area contributed by atoms with Gasteiger partial charge in [-0.05, 0) is 56.3 Å². The van der Waals surface area contributed by atoms with Gasteiger partial charge in [0.25, 0.3) is 0 Å². The molecule has 0 spiro atoms. The summed E-state index contributed by atoms with van der Waals surface area (Å²) in [5, 5.41) is 6.37. The summed E-state index contributed by atoms with van der Waals surface area (Å²) < 4.78 is 5.45. The molecule has 1 aromatic carbocycles. The van der Waals surface area contributed by atoms with Crippen molar-refractivity contribution >= 4 is 34.9 Å². The molecule has 2 aliphatic rings.